The van der Waals surface area contributed by atoms with Gasteiger partial charge in [0.05, 0.1) is 17.6 Å². The highest BCUT2D eigenvalue weighted by molar-refractivity contribution is 5.96. The maximum atomic E-state index is 12.0. The van der Waals surface area contributed by atoms with E-state index in [9.17, 15) is 24.5 Å². The van der Waals surface area contributed by atoms with E-state index < -0.39 is 29.1 Å². The third-order valence-electron chi connectivity index (χ3n) is 3.51. The second-order valence-electron chi connectivity index (χ2n) is 5.40. The Hall–Kier alpha value is -3.75. The van der Waals surface area contributed by atoms with Gasteiger partial charge in [-0.3, -0.25) is 19.7 Å². The fraction of sp³-hybridized carbons (Fsp3) is 0.167. The fourth-order valence-electron chi connectivity index (χ4n) is 2.16. The molecule has 9 heteroatoms. The second kappa shape index (κ2) is 8.56. The Bertz CT molecular complexity index is 891. The maximum absolute atomic E-state index is 12.0. The molecule has 0 fully saturated rings. The van der Waals surface area contributed by atoms with Gasteiger partial charge in [0.2, 0.25) is 0 Å². The van der Waals surface area contributed by atoms with Gasteiger partial charge in [-0.25, -0.2) is 4.79 Å². The molecule has 9 nitrogen and oxygen atoms in total. The number of ketones is 1. The highest BCUT2D eigenvalue weighted by Gasteiger charge is 2.20. The summed E-state index contributed by atoms with van der Waals surface area (Å²) in [6.45, 7) is 0.951. The number of rotatable bonds is 7. The molecule has 1 amide bonds. The minimum absolute atomic E-state index is 0.00781. The van der Waals surface area contributed by atoms with Gasteiger partial charge in [0.15, 0.2) is 18.1 Å². The lowest BCUT2D eigenvalue weighted by atomic mass is 10.1. The van der Waals surface area contributed by atoms with Gasteiger partial charge in [0.1, 0.15) is 0 Å². The van der Waals surface area contributed by atoms with Crippen LogP contribution in [0.1, 0.15) is 27.6 Å². The van der Waals surface area contributed by atoms with Crippen molar-refractivity contribution in [3.63, 3.8) is 0 Å². The number of anilines is 1. The molecular formula is C18H16N2O7. The van der Waals surface area contributed by atoms with Gasteiger partial charge in [-0.15, -0.1) is 0 Å². The van der Waals surface area contributed by atoms with Gasteiger partial charge in [-0.05, 0) is 43.3 Å². The molecule has 2 aromatic carbocycles. The van der Waals surface area contributed by atoms with Gasteiger partial charge in [0.25, 0.3) is 5.91 Å². The molecule has 0 unspecified atom stereocenters. The molecule has 0 saturated carbocycles. The molecule has 0 saturated heterocycles. The van der Waals surface area contributed by atoms with E-state index in [2.05, 4.69) is 10.1 Å². The summed E-state index contributed by atoms with van der Waals surface area (Å²) < 4.78 is 9.71. The number of nitro benzene ring substituents is 1. The Kier molecular flexibility index (Phi) is 6.21. The van der Waals surface area contributed by atoms with E-state index in [0.717, 1.165) is 13.2 Å². The molecule has 0 aliphatic rings. The van der Waals surface area contributed by atoms with Crippen LogP contribution < -0.4 is 10.1 Å². The van der Waals surface area contributed by atoms with Crippen LogP contribution >= 0.6 is 0 Å². The Morgan fingerprint density at radius 3 is 2.26 bits per heavy atom. The summed E-state index contributed by atoms with van der Waals surface area (Å²) in [5.41, 5.74) is 0.484. The topological polar surface area (TPSA) is 125 Å². The Morgan fingerprint density at radius 1 is 1.07 bits per heavy atom. The lowest BCUT2D eigenvalue weighted by Gasteiger charge is -2.09. The molecule has 0 aliphatic heterocycles. The van der Waals surface area contributed by atoms with Crippen molar-refractivity contribution in [1.29, 1.82) is 0 Å². The normalized spacial score (nSPS) is 10.0. The standard InChI is InChI=1S/C18H16N2O7/c1-11(21)12-3-6-14(7-4-12)19-17(22)10-27-16-8-5-13(18(23)26-2)9-15(16)20(24)25/h3-9H,10H2,1-2H3,(H,19,22). The largest absolute Gasteiger partial charge is 0.477 e. The second-order valence-corrected chi connectivity index (χ2v) is 5.40. The Morgan fingerprint density at radius 2 is 1.70 bits per heavy atom. The summed E-state index contributed by atoms with van der Waals surface area (Å²) in [5, 5.41) is 13.7. The van der Waals surface area contributed by atoms with E-state index in [1.54, 1.807) is 24.3 Å². The number of nitrogens with one attached hydrogen (secondary N) is 1. The number of nitro groups is 1. The Balaban J connectivity index is 2.04. The summed E-state index contributed by atoms with van der Waals surface area (Å²) in [7, 11) is 1.16. The first-order valence-corrected chi connectivity index (χ1v) is 7.72. The zero-order valence-electron chi connectivity index (χ0n) is 14.6. The van der Waals surface area contributed by atoms with Crippen molar-refractivity contribution in [2.45, 2.75) is 6.92 Å². The van der Waals surface area contributed by atoms with Gasteiger partial charge < -0.3 is 14.8 Å². The molecule has 0 bridgehead atoms. The van der Waals surface area contributed by atoms with Crippen LogP contribution in [0.15, 0.2) is 42.5 Å². The van der Waals surface area contributed by atoms with Crippen LogP contribution in [0, 0.1) is 10.1 Å². The van der Waals surface area contributed by atoms with Crippen molar-refractivity contribution in [2.75, 3.05) is 19.0 Å². The molecule has 2 rings (SSSR count). The molecule has 0 aromatic heterocycles. The average Bonchev–Trinajstić information content (AvgIpc) is 2.65. The Labute approximate surface area is 154 Å². The minimum atomic E-state index is -0.726. The number of hydrogen-bond acceptors (Lipinski definition) is 7. The number of amides is 1. The highest BCUT2D eigenvalue weighted by Crippen LogP contribution is 2.28. The lowest BCUT2D eigenvalue weighted by molar-refractivity contribution is -0.385. The molecule has 0 atom stereocenters. The number of carbonyl (C=O) groups excluding carboxylic acids is 3. The number of hydrogen-bond donors (Lipinski definition) is 1. The summed E-state index contributed by atoms with van der Waals surface area (Å²) in [6, 6.07) is 9.78. The van der Waals surface area contributed by atoms with Gasteiger partial charge in [-0.1, -0.05) is 0 Å². The molecule has 1 N–H and O–H groups in total. The van der Waals surface area contributed by atoms with E-state index in [-0.39, 0.29) is 17.1 Å². The van der Waals surface area contributed by atoms with Crippen molar-refractivity contribution in [3.05, 3.63) is 63.7 Å². The summed E-state index contributed by atoms with van der Waals surface area (Å²) in [4.78, 5) is 45.1. The van der Waals surface area contributed by atoms with E-state index in [1.165, 1.54) is 19.1 Å². The van der Waals surface area contributed by atoms with Crippen LogP contribution in [-0.2, 0) is 9.53 Å². The summed E-state index contributed by atoms with van der Waals surface area (Å²) in [5.74, 6) is -1.53. The monoisotopic (exact) mass is 372 g/mol. The number of esters is 1. The SMILES string of the molecule is COC(=O)c1ccc(OCC(=O)Nc2ccc(C(C)=O)cc2)c([N+](=O)[O-])c1. The molecule has 0 heterocycles. The van der Waals surface area contributed by atoms with Crippen LogP contribution in [-0.4, -0.2) is 36.3 Å². The maximum Gasteiger partial charge on any atom is 0.338 e. The van der Waals surface area contributed by atoms with Gasteiger partial charge >= 0.3 is 11.7 Å². The predicted octanol–water partition coefficient (Wildman–Crippen LogP) is 2.60. The number of benzene rings is 2. The first-order chi connectivity index (χ1) is 12.8. The van der Waals surface area contributed by atoms with E-state index in [1.807, 2.05) is 0 Å². The number of nitrogens with zero attached hydrogens (tertiary/aromatic N) is 1. The molecule has 2 aromatic rings. The van der Waals surface area contributed by atoms with Crippen molar-refractivity contribution in [3.8, 4) is 5.75 Å². The third kappa shape index (κ3) is 5.11. The number of Topliss-reactive ketones (excluding diaryl/α,β-unsaturated/α-hetero) is 1. The summed E-state index contributed by atoms with van der Waals surface area (Å²) in [6.07, 6.45) is 0. The first kappa shape index (κ1) is 19.6. The quantitative estimate of drug-likeness (QED) is 0.343. The zero-order valence-corrected chi connectivity index (χ0v) is 14.6. The lowest BCUT2D eigenvalue weighted by Crippen LogP contribution is -2.20. The molecule has 0 aliphatic carbocycles. The molecule has 0 spiro atoms. The highest BCUT2D eigenvalue weighted by atomic mass is 16.6. The predicted molar refractivity (Wildman–Crippen MR) is 95.0 cm³/mol. The van der Waals surface area contributed by atoms with E-state index in [4.69, 9.17) is 4.74 Å². The van der Waals surface area contributed by atoms with Gasteiger partial charge in [0, 0.05) is 17.3 Å². The molecular weight excluding hydrogens is 356 g/mol. The minimum Gasteiger partial charge on any atom is -0.477 e. The average molecular weight is 372 g/mol. The van der Waals surface area contributed by atoms with Crippen molar-refractivity contribution in [2.24, 2.45) is 0 Å². The number of ether oxygens (including phenoxy) is 2. The third-order valence-corrected chi connectivity index (χ3v) is 3.51. The number of carbonyl (C=O) groups is 3. The van der Waals surface area contributed by atoms with Crippen molar-refractivity contribution < 1.29 is 28.8 Å². The van der Waals surface area contributed by atoms with Crippen molar-refractivity contribution >= 4 is 29.0 Å². The van der Waals surface area contributed by atoms with Crippen LogP contribution in [0.5, 0.6) is 5.75 Å². The van der Waals surface area contributed by atoms with Crippen molar-refractivity contribution in [1.82, 2.24) is 0 Å². The van der Waals surface area contributed by atoms with E-state index in [0.29, 0.717) is 11.3 Å². The smallest absolute Gasteiger partial charge is 0.338 e. The molecule has 0 radical (unpaired) electrons. The van der Waals surface area contributed by atoms with E-state index >= 15 is 0 Å². The zero-order chi connectivity index (χ0) is 20.0. The molecule has 140 valence electrons. The fourth-order valence-corrected chi connectivity index (χ4v) is 2.16. The number of methoxy groups -OCH3 is 1. The van der Waals surface area contributed by atoms with Gasteiger partial charge in [-0.2, -0.15) is 0 Å². The van der Waals surface area contributed by atoms with Crippen LogP contribution in [0.25, 0.3) is 0 Å². The van der Waals surface area contributed by atoms with Crippen LogP contribution in [0.2, 0.25) is 0 Å². The first-order valence-electron chi connectivity index (χ1n) is 7.72. The van der Waals surface area contributed by atoms with Crippen LogP contribution in [0.4, 0.5) is 11.4 Å². The molecule has 27 heavy (non-hydrogen) atoms. The summed E-state index contributed by atoms with van der Waals surface area (Å²) >= 11 is 0. The van der Waals surface area contributed by atoms with Crippen LogP contribution in [0.3, 0.4) is 0 Å².